The Morgan fingerprint density at radius 3 is 2.31 bits per heavy atom. The predicted octanol–water partition coefficient (Wildman–Crippen LogP) is 2.67. The van der Waals surface area contributed by atoms with Crippen LogP contribution in [0.3, 0.4) is 0 Å². The van der Waals surface area contributed by atoms with Gasteiger partial charge in [0.05, 0.1) is 5.69 Å². The number of fused-ring (bicyclic) bond motifs is 1. The summed E-state index contributed by atoms with van der Waals surface area (Å²) in [6.45, 7) is 0. The van der Waals surface area contributed by atoms with Gasteiger partial charge in [-0.05, 0) is 68.1 Å². The smallest absolute Gasteiger partial charge is 0.220 e. The zero-order valence-electron chi connectivity index (χ0n) is 15.8. The zero-order chi connectivity index (χ0) is 20.0. The Hall–Kier alpha value is -3.49. The fourth-order valence-corrected chi connectivity index (χ4v) is 4.23. The summed E-state index contributed by atoms with van der Waals surface area (Å²) in [7, 11) is 0. The van der Waals surface area contributed by atoms with Crippen molar-refractivity contribution >= 4 is 28.6 Å². The first-order valence-corrected chi connectivity index (χ1v) is 9.67. The van der Waals surface area contributed by atoms with Crippen LogP contribution in [-0.4, -0.2) is 32.6 Å². The largest absolute Gasteiger partial charge is 0.369 e. The number of aromatic nitrogens is 3. The van der Waals surface area contributed by atoms with Crippen LogP contribution < -0.4 is 16.4 Å². The summed E-state index contributed by atoms with van der Waals surface area (Å²) in [5.41, 5.74) is 14.7. The summed E-state index contributed by atoms with van der Waals surface area (Å²) in [6, 6.07) is 11.8. The van der Waals surface area contributed by atoms with E-state index >= 15 is 0 Å². The van der Waals surface area contributed by atoms with Crippen molar-refractivity contribution in [1.29, 1.82) is 0 Å². The van der Waals surface area contributed by atoms with Gasteiger partial charge in [-0.25, -0.2) is 9.38 Å². The molecular formula is C20H21FN8. The van der Waals surface area contributed by atoms with Crippen LogP contribution in [0.5, 0.6) is 0 Å². The van der Waals surface area contributed by atoms with Crippen molar-refractivity contribution in [3.63, 3.8) is 0 Å². The first-order valence-electron chi connectivity index (χ1n) is 9.67. The zero-order valence-corrected chi connectivity index (χ0v) is 15.8. The number of hydrogen-bond donors (Lipinski definition) is 2. The Kier molecular flexibility index (Phi) is 3.97. The third kappa shape index (κ3) is 2.98. The average molecular weight is 392 g/mol. The highest BCUT2D eigenvalue weighted by Crippen LogP contribution is 2.39. The maximum Gasteiger partial charge on any atom is 0.220 e. The Bertz CT molecular complexity index is 1130. The van der Waals surface area contributed by atoms with E-state index in [4.69, 9.17) is 16.5 Å². The molecule has 148 valence electrons. The van der Waals surface area contributed by atoms with Crippen LogP contribution in [0.1, 0.15) is 32.1 Å². The fraction of sp³-hybridized carbons (Fsp3) is 0.300. The third-order valence-corrected chi connectivity index (χ3v) is 5.53. The van der Waals surface area contributed by atoms with Gasteiger partial charge < -0.3 is 11.5 Å². The Balaban J connectivity index is 1.57. The van der Waals surface area contributed by atoms with Gasteiger partial charge in [-0.1, -0.05) is 6.42 Å². The molecule has 0 radical (unpaired) electrons. The van der Waals surface area contributed by atoms with Gasteiger partial charge in [-0.15, -0.1) is 10.2 Å². The van der Waals surface area contributed by atoms with Crippen LogP contribution >= 0.6 is 0 Å². The number of nitrogens with two attached hydrogens (primary N) is 2. The molecule has 1 spiro atoms. The van der Waals surface area contributed by atoms with Crippen molar-refractivity contribution in [2.24, 2.45) is 21.5 Å². The summed E-state index contributed by atoms with van der Waals surface area (Å²) >= 11 is 0. The molecule has 0 bridgehead atoms. The van der Waals surface area contributed by atoms with Crippen LogP contribution in [0.2, 0.25) is 0 Å². The van der Waals surface area contributed by atoms with Crippen molar-refractivity contribution in [2.75, 3.05) is 4.90 Å². The van der Waals surface area contributed by atoms with Gasteiger partial charge in [0.15, 0.2) is 0 Å². The third-order valence-electron chi connectivity index (χ3n) is 5.53. The van der Waals surface area contributed by atoms with Crippen molar-refractivity contribution in [2.45, 2.75) is 37.8 Å². The molecule has 4 N–H and O–H groups in total. The van der Waals surface area contributed by atoms with Crippen LogP contribution in [0.25, 0.3) is 16.7 Å². The normalized spacial score (nSPS) is 18.7. The second-order valence-electron chi connectivity index (χ2n) is 7.46. The number of nitrogens with zero attached hydrogens (tertiary/aromatic N) is 6. The summed E-state index contributed by atoms with van der Waals surface area (Å²) in [5.74, 6) is 0.263. The molecule has 1 aliphatic heterocycles. The van der Waals surface area contributed by atoms with Crippen LogP contribution in [0, 0.1) is 5.82 Å². The molecule has 0 amide bonds. The van der Waals surface area contributed by atoms with Gasteiger partial charge in [-0.2, -0.15) is 9.79 Å². The molecule has 0 atom stereocenters. The lowest BCUT2D eigenvalue weighted by Crippen LogP contribution is -2.58. The van der Waals surface area contributed by atoms with Crippen LogP contribution in [-0.2, 0) is 0 Å². The first kappa shape index (κ1) is 17.6. The maximum absolute atomic E-state index is 13.2. The van der Waals surface area contributed by atoms with Crippen molar-refractivity contribution in [3.05, 3.63) is 48.3 Å². The average Bonchev–Trinajstić information content (AvgIpc) is 3.12. The Morgan fingerprint density at radius 2 is 1.55 bits per heavy atom. The fourth-order valence-electron chi connectivity index (χ4n) is 4.23. The van der Waals surface area contributed by atoms with Crippen LogP contribution in [0.15, 0.2) is 52.4 Å². The van der Waals surface area contributed by atoms with E-state index in [0.717, 1.165) is 36.9 Å². The molecule has 2 aliphatic rings. The molecule has 9 heteroatoms. The number of halogens is 1. The SMILES string of the molecule is NC1=NC2(CCCCC2)N(c2ccc3nn(-c4ccc(F)cc4)nc3c2)C(N)=N1. The molecule has 29 heavy (non-hydrogen) atoms. The number of rotatable bonds is 2. The van der Waals surface area contributed by atoms with E-state index in [1.807, 2.05) is 23.1 Å². The molecule has 2 heterocycles. The van der Waals surface area contributed by atoms with E-state index in [-0.39, 0.29) is 11.8 Å². The maximum atomic E-state index is 13.2. The molecule has 1 saturated carbocycles. The number of aliphatic imine (C=N–C) groups is 2. The molecule has 8 nitrogen and oxygen atoms in total. The lowest BCUT2D eigenvalue weighted by Gasteiger charge is -2.45. The minimum absolute atomic E-state index is 0.226. The van der Waals surface area contributed by atoms with E-state index in [1.165, 1.54) is 23.4 Å². The van der Waals surface area contributed by atoms with Gasteiger partial charge >= 0.3 is 0 Å². The molecule has 1 fully saturated rings. The second-order valence-corrected chi connectivity index (χ2v) is 7.46. The van der Waals surface area contributed by atoms with Crippen LogP contribution in [0.4, 0.5) is 10.1 Å². The molecule has 1 aliphatic carbocycles. The van der Waals surface area contributed by atoms with Gasteiger partial charge in [-0.3, -0.25) is 4.90 Å². The highest BCUT2D eigenvalue weighted by Gasteiger charge is 2.42. The predicted molar refractivity (Wildman–Crippen MR) is 110 cm³/mol. The number of anilines is 1. The quantitative estimate of drug-likeness (QED) is 0.697. The second kappa shape index (κ2) is 6.54. The molecule has 0 unspecified atom stereocenters. The van der Waals surface area contributed by atoms with E-state index in [0.29, 0.717) is 17.2 Å². The summed E-state index contributed by atoms with van der Waals surface area (Å²) in [4.78, 5) is 12.4. The van der Waals surface area contributed by atoms with Crippen molar-refractivity contribution in [1.82, 2.24) is 15.0 Å². The van der Waals surface area contributed by atoms with Gasteiger partial charge in [0.1, 0.15) is 22.5 Å². The van der Waals surface area contributed by atoms with Crippen molar-refractivity contribution in [3.8, 4) is 5.69 Å². The number of guanidine groups is 2. The highest BCUT2D eigenvalue weighted by molar-refractivity contribution is 6.06. The van der Waals surface area contributed by atoms with Gasteiger partial charge in [0, 0.05) is 5.69 Å². The summed E-state index contributed by atoms with van der Waals surface area (Å²) < 4.78 is 13.2. The monoisotopic (exact) mass is 392 g/mol. The van der Waals surface area contributed by atoms with Gasteiger partial charge in [0.25, 0.3) is 0 Å². The molecule has 0 saturated heterocycles. The Labute approximate surface area is 166 Å². The van der Waals surface area contributed by atoms with E-state index in [2.05, 4.69) is 15.2 Å². The van der Waals surface area contributed by atoms with Gasteiger partial charge in [0.2, 0.25) is 11.9 Å². The van der Waals surface area contributed by atoms with Crippen molar-refractivity contribution < 1.29 is 4.39 Å². The van der Waals surface area contributed by atoms with E-state index in [1.54, 1.807) is 12.1 Å². The molecule has 1 aromatic heterocycles. The summed E-state index contributed by atoms with van der Waals surface area (Å²) in [6.07, 6.45) is 5.02. The molecule has 5 rings (SSSR count). The minimum Gasteiger partial charge on any atom is -0.369 e. The Morgan fingerprint density at radius 1 is 0.862 bits per heavy atom. The highest BCUT2D eigenvalue weighted by atomic mass is 19.1. The topological polar surface area (TPSA) is 111 Å². The lowest BCUT2D eigenvalue weighted by atomic mass is 9.87. The number of hydrogen-bond acceptors (Lipinski definition) is 7. The molecule has 3 aromatic rings. The van der Waals surface area contributed by atoms with E-state index < -0.39 is 5.66 Å². The summed E-state index contributed by atoms with van der Waals surface area (Å²) in [5, 5.41) is 9.05. The standard InChI is InChI=1S/C20H21FN8/c21-13-4-6-14(7-5-13)29-26-16-9-8-15(12-17(16)27-29)28-19(23)24-18(22)25-20(28)10-2-1-3-11-20/h4-9,12H,1-3,10-11H2,(H4,22,23,24,25). The minimum atomic E-state index is -0.505. The lowest BCUT2D eigenvalue weighted by molar-refractivity contribution is 0.305. The molecular weight excluding hydrogens is 371 g/mol. The number of benzene rings is 2. The first-order chi connectivity index (χ1) is 14.0. The molecule has 2 aromatic carbocycles. The van der Waals surface area contributed by atoms with E-state index in [9.17, 15) is 4.39 Å².